The Morgan fingerprint density at radius 1 is 1.29 bits per heavy atom. The molecule has 1 heterocycles. The minimum Gasteiger partial charge on any atom is -0.309 e. The van der Waals surface area contributed by atoms with Gasteiger partial charge in [-0.2, -0.15) is 0 Å². The van der Waals surface area contributed by atoms with Crippen molar-refractivity contribution in [2.75, 3.05) is 20.1 Å². The van der Waals surface area contributed by atoms with Crippen LogP contribution in [0.15, 0.2) is 6.07 Å². The normalized spacial score (nSPS) is 13.6. The zero-order chi connectivity index (χ0) is 13.0. The maximum Gasteiger partial charge on any atom is 0.0303 e. The van der Waals surface area contributed by atoms with Gasteiger partial charge in [-0.1, -0.05) is 0 Å². The summed E-state index contributed by atoms with van der Waals surface area (Å²) in [6, 6.07) is 3.39. The molecule has 1 unspecified atom stereocenters. The smallest absolute Gasteiger partial charge is 0.0303 e. The number of hydrogen-bond donors (Lipinski definition) is 1. The van der Waals surface area contributed by atoms with Crippen molar-refractivity contribution >= 4 is 11.3 Å². The molecule has 0 aromatic carbocycles. The van der Waals surface area contributed by atoms with Crippen LogP contribution >= 0.6 is 11.3 Å². The van der Waals surface area contributed by atoms with Crippen LogP contribution < -0.4 is 5.32 Å². The minimum absolute atomic E-state index is 0.459. The third-order valence-corrected chi connectivity index (χ3v) is 4.32. The lowest BCUT2D eigenvalue weighted by Crippen LogP contribution is -2.34. The second-order valence-electron chi connectivity index (χ2n) is 5.12. The highest BCUT2D eigenvalue weighted by atomic mass is 32.1. The first-order valence-electron chi connectivity index (χ1n) is 6.42. The van der Waals surface area contributed by atoms with Gasteiger partial charge in [0.05, 0.1) is 0 Å². The summed E-state index contributed by atoms with van der Waals surface area (Å²) < 4.78 is 0. The van der Waals surface area contributed by atoms with Gasteiger partial charge in [0.1, 0.15) is 0 Å². The highest BCUT2D eigenvalue weighted by molar-refractivity contribution is 7.12. The predicted molar refractivity (Wildman–Crippen MR) is 78.0 cm³/mol. The van der Waals surface area contributed by atoms with Gasteiger partial charge in [-0.15, -0.1) is 11.3 Å². The minimum atomic E-state index is 0.459. The van der Waals surface area contributed by atoms with Crippen molar-refractivity contribution in [2.24, 2.45) is 0 Å². The van der Waals surface area contributed by atoms with Crippen molar-refractivity contribution < 1.29 is 0 Å². The van der Waals surface area contributed by atoms with Gasteiger partial charge in [-0.05, 0) is 53.3 Å². The van der Waals surface area contributed by atoms with Crippen LogP contribution in [-0.4, -0.2) is 31.1 Å². The lowest BCUT2D eigenvalue weighted by atomic mass is 10.1. The van der Waals surface area contributed by atoms with E-state index in [-0.39, 0.29) is 0 Å². The highest BCUT2D eigenvalue weighted by Gasteiger charge is 2.11. The van der Waals surface area contributed by atoms with E-state index in [0.29, 0.717) is 12.1 Å². The first kappa shape index (κ1) is 14.7. The van der Waals surface area contributed by atoms with Gasteiger partial charge in [-0.3, -0.25) is 0 Å². The lowest BCUT2D eigenvalue weighted by molar-refractivity contribution is 0.270. The van der Waals surface area contributed by atoms with E-state index in [9.17, 15) is 0 Å². The van der Waals surface area contributed by atoms with E-state index in [1.54, 1.807) is 0 Å². The maximum absolute atomic E-state index is 3.60. The number of nitrogens with one attached hydrogen (secondary N) is 1. The molecule has 0 aliphatic heterocycles. The average Bonchev–Trinajstić information content (AvgIpc) is 2.57. The van der Waals surface area contributed by atoms with Crippen molar-refractivity contribution in [1.82, 2.24) is 10.2 Å². The van der Waals surface area contributed by atoms with Crippen LogP contribution in [0.25, 0.3) is 0 Å². The van der Waals surface area contributed by atoms with Gasteiger partial charge in [0.15, 0.2) is 0 Å². The average molecular weight is 254 g/mol. The zero-order valence-corrected chi connectivity index (χ0v) is 12.8. The van der Waals surface area contributed by atoms with Gasteiger partial charge >= 0.3 is 0 Å². The maximum atomic E-state index is 3.60. The van der Waals surface area contributed by atoms with Crippen LogP contribution in [-0.2, 0) is 0 Å². The molecule has 1 N–H and O–H groups in total. The third-order valence-electron chi connectivity index (χ3n) is 3.34. The highest BCUT2D eigenvalue weighted by Crippen LogP contribution is 2.25. The van der Waals surface area contributed by atoms with E-state index < -0.39 is 0 Å². The van der Waals surface area contributed by atoms with Crippen molar-refractivity contribution in [2.45, 2.75) is 46.7 Å². The van der Waals surface area contributed by atoms with Crippen molar-refractivity contribution in [3.8, 4) is 0 Å². The largest absolute Gasteiger partial charge is 0.309 e. The molecule has 0 bridgehead atoms. The molecule has 98 valence electrons. The van der Waals surface area contributed by atoms with Crippen LogP contribution in [0.1, 0.15) is 42.1 Å². The third kappa shape index (κ3) is 4.41. The number of rotatable bonds is 6. The molecule has 1 aromatic heterocycles. The summed E-state index contributed by atoms with van der Waals surface area (Å²) >= 11 is 1.89. The Morgan fingerprint density at radius 2 is 1.94 bits per heavy atom. The van der Waals surface area contributed by atoms with Gasteiger partial charge in [-0.25, -0.2) is 0 Å². The van der Waals surface area contributed by atoms with Gasteiger partial charge in [0, 0.05) is 34.9 Å². The Bertz CT molecular complexity index is 344. The summed E-state index contributed by atoms with van der Waals surface area (Å²) in [7, 11) is 2.18. The summed E-state index contributed by atoms with van der Waals surface area (Å²) in [5.41, 5.74) is 1.46. The number of aryl methyl sites for hydroxylation is 2. The number of nitrogens with zero attached hydrogens (tertiary/aromatic N) is 1. The molecule has 0 fully saturated rings. The summed E-state index contributed by atoms with van der Waals surface area (Å²) in [6.45, 7) is 13.3. The molecule has 0 amide bonds. The molecule has 1 rings (SSSR count). The van der Waals surface area contributed by atoms with E-state index in [2.05, 4.69) is 57.9 Å². The fraction of sp³-hybridized carbons (Fsp3) is 0.714. The van der Waals surface area contributed by atoms with Crippen LogP contribution in [0.3, 0.4) is 0 Å². The molecule has 0 spiro atoms. The van der Waals surface area contributed by atoms with Crippen LogP contribution in [0, 0.1) is 13.8 Å². The van der Waals surface area contributed by atoms with E-state index >= 15 is 0 Å². The molecule has 0 aliphatic rings. The van der Waals surface area contributed by atoms with Crippen molar-refractivity contribution in [3.63, 3.8) is 0 Å². The quantitative estimate of drug-likeness (QED) is 0.837. The monoisotopic (exact) mass is 254 g/mol. The molecule has 2 nitrogen and oxygen atoms in total. The molecule has 0 saturated carbocycles. The molecule has 0 radical (unpaired) electrons. The molecule has 1 atom stereocenters. The molecule has 0 aliphatic carbocycles. The van der Waals surface area contributed by atoms with Gasteiger partial charge in [0.2, 0.25) is 0 Å². The second kappa shape index (κ2) is 6.53. The Hall–Kier alpha value is -0.380. The summed E-state index contributed by atoms with van der Waals surface area (Å²) in [5, 5.41) is 3.60. The first-order chi connectivity index (χ1) is 7.91. The first-order valence-corrected chi connectivity index (χ1v) is 7.24. The van der Waals surface area contributed by atoms with Gasteiger partial charge in [0.25, 0.3) is 0 Å². The van der Waals surface area contributed by atoms with E-state index in [1.165, 1.54) is 15.3 Å². The molecule has 0 saturated heterocycles. The van der Waals surface area contributed by atoms with Gasteiger partial charge < -0.3 is 10.2 Å². The van der Waals surface area contributed by atoms with E-state index in [1.807, 2.05) is 11.3 Å². The SMILES string of the molecule is Cc1cc(C(C)NCCN(C)C(C)C)c(C)s1. The summed E-state index contributed by atoms with van der Waals surface area (Å²) in [6.07, 6.45) is 0. The topological polar surface area (TPSA) is 15.3 Å². The van der Waals surface area contributed by atoms with Crippen molar-refractivity contribution in [1.29, 1.82) is 0 Å². The van der Waals surface area contributed by atoms with Crippen LogP contribution in [0.4, 0.5) is 0 Å². The molecule has 1 aromatic rings. The van der Waals surface area contributed by atoms with E-state index in [4.69, 9.17) is 0 Å². The Kier molecular flexibility index (Phi) is 5.63. The Labute approximate surface area is 110 Å². The molecule has 3 heteroatoms. The number of likely N-dealkylation sites (N-methyl/N-ethyl adjacent to an activating group) is 1. The lowest BCUT2D eigenvalue weighted by Gasteiger charge is -2.22. The van der Waals surface area contributed by atoms with Crippen LogP contribution in [0.5, 0.6) is 0 Å². The summed E-state index contributed by atoms with van der Waals surface area (Å²) in [5.74, 6) is 0. The molecular formula is C14H26N2S. The number of hydrogen-bond acceptors (Lipinski definition) is 3. The molecule has 17 heavy (non-hydrogen) atoms. The summed E-state index contributed by atoms with van der Waals surface area (Å²) in [4.78, 5) is 5.22. The second-order valence-corrected chi connectivity index (χ2v) is 6.58. The fourth-order valence-electron chi connectivity index (χ4n) is 1.91. The van der Waals surface area contributed by atoms with E-state index in [0.717, 1.165) is 13.1 Å². The van der Waals surface area contributed by atoms with Crippen LogP contribution in [0.2, 0.25) is 0 Å². The standard InChI is InChI=1S/C14H26N2S/c1-10(2)16(6)8-7-15-12(4)14-9-11(3)17-13(14)5/h9-10,12,15H,7-8H2,1-6H3. The zero-order valence-electron chi connectivity index (χ0n) is 12.0. The predicted octanol–water partition coefficient (Wildman–Crippen LogP) is 3.36. The Morgan fingerprint density at radius 3 is 2.41 bits per heavy atom. The Balaban J connectivity index is 2.40. The number of thiophene rings is 1. The van der Waals surface area contributed by atoms with Crippen molar-refractivity contribution in [3.05, 3.63) is 21.4 Å². The molecular weight excluding hydrogens is 228 g/mol. The fourth-order valence-corrected chi connectivity index (χ4v) is 2.93.